The fourth-order valence-corrected chi connectivity index (χ4v) is 1.45. The number of carbonyl (C=O) groups excluding carboxylic acids is 1. The van der Waals surface area contributed by atoms with Crippen molar-refractivity contribution in [3.63, 3.8) is 0 Å². The molecule has 0 heterocycles. The predicted octanol–water partition coefficient (Wildman–Crippen LogP) is 2.32. The SMILES string of the molecule is C#CC(CC)NC(=O)C(C)c1ccccc1. The van der Waals surface area contributed by atoms with E-state index >= 15 is 0 Å². The smallest absolute Gasteiger partial charge is 0.228 e. The van der Waals surface area contributed by atoms with Gasteiger partial charge in [-0.2, -0.15) is 0 Å². The monoisotopic (exact) mass is 215 g/mol. The first kappa shape index (κ1) is 12.3. The molecule has 84 valence electrons. The molecule has 0 aliphatic carbocycles. The predicted molar refractivity (Wildman–Crippen MR) is 65.9 cm³/mol. The molecule has 1 aromatic rings. The number of hydrogen-bond acceptors (Lipinski definition) is 1. The minimum Gasteiger partial charge on any atom is -0.342 e. The van der Waals surface area contributed by atoms with E-state index in [4.69, 9.17) is 6.42 Å². The Kier molecular flexibility index (Phi) is 4.60. The normalized spacial score (nSPS) is 13.6. The highest BCUT2D eigenvalue weighted by atomic mass is 16.1. The van der Waals surface area contributed by atoms with E-state index in [1.165, 1.54) is 0 Å². The molecule has 0 fully saturated rings. The summed E-state index contributed by atoms with van der Waals surface area (Å²) >= 11 is 0. The number of rotatable bonds is 4. The number of nitrogens with one attached hydrogen (secondary N) is 1. The molecule has 0 aromatic heterocycles. The van der Waals surface area contributed by atoms with Crippen LogP contribution in [-0.2, 0) is 4.79 Å². The standard InChI is InChI=1S/C14H17NO/c1-4-13(5-2)15-14(16)11(3)12-9-7-6-8-10-12/h1,6-11,13H,5H2,2-3H3,(H,15,16). The van der Waals surface area contributed by atoms with Crippen LogP contribution in [0.25, 0.3) is 0 Å². The van der Waals surface area contributed by atoms with Crippen molar-refractivity contribution < 1.29 is 4.79 Å². The zero-order valence-corrected chi connectivity index (χ0v) is 9.73. The van der Waals surface area contributed by atoms with E-state index in [0.29, 0.717) is 0 Å². The van der Waals surface area contributed by atoms with E-state index in [1.807, 2.05) is 44.2 Å². The summed E-state index contributed by atoms with van der Waals surface area (Å²) < 4.78 is 0. The Morgan fingerprint density at radius 3 is 2.56 bits per heavy atom. The van der Waals surface area contributed by atoms with Crippen molar-refractivity contribution in [3.05, 3.63) is 35.9 Å². The van der Waals surface area contributed by atoms with E-state index in [0.717, 1.165) is 12.0 Å². The van der Waals surface area contributed by atoms with Crippen LogP contribution < -0.4 is 5.32 Å². The highest BCUT2D eigenvalue weighted by molar-refractivity contribution is 5.83. The molecule has 2 atom stereocenters. The highest BCUT2D eigenvalue weighted by Gasteiger charge is 2.16. The van der Waals surface area contributed by atoms with Crippen LogP contribution in [0.3, 0.4) is 0 Å². The van der Waals surface area contributed by atoms with E-state index < -0.39 is 0 Å². The maximum absolute atomic E-state index is 11.9. The van der Waals surface area contributed by atoms with E-state index in [1.54, 1.807) is 0 Å². The summed E-state index contributed by atoms with van der Waals surface area (Å²) in [6, 6.07) is 9.51. The Balaban J connectivity index is 2.65. The maximum atomic E-state index is 11.9. The molecule has 1 amide bonds. The maximum Gasteiger partial charge on any atom is 0.228 e. The van der Waals surface area contributed by atoms with E-state index in [9.17, 15) is 4.79 Å². The van der Waals surface area contributed by atoms with Crippen LogP contribution in [0.5, 0.6) is 0 Å². The number of terminal acetylenes is 1. The first-order chi connectivity index (χ1) is 7.69. The molecule has 0 spiro atoms. The van der Waals surface area contributed by atoms with Gasteiger partial charge in [0.25, 0.3) is 0 Å². The summed E-state index contributed by atoms with van der Waals surface area (Å²) in [6.45, 7) is 3.84. The van der Waals surface area contributed by atoms with Gasteiger partial charge in [-0.25, -0.2) is 0 Å². The van der Waals surface area contributed by atoms with Crippen LogP contribution in [-0.4, -0.2) is 11.9 Å². The molecule has 0 aliphatic heterocycles. The molecule has 2 nitrogen and oxygen atoms in total. The van der Waals surface area contributed by atoms with Crippen molar-refractivity contribution >= 4 is 5.91 Å². The topological polar surface area (TPSA) is 29.1 Å². The summed E-state index contributed by atoms with van der Waals surface area (Å²) in [4.78, 5) is 11.9. The zero-order chi connectivity index (χ0) is 12.0. The lowest BCUT2D eigenvalue weighted by atomic mass is 10.00. The molecule has 2 unspecified atom stereocenters. The Hall–Kier alpha value is -1.75. The second-order valence-electron chi connectivity index (χ2n) is 3.77. The first-order valence-electron chi connectivity index (χ1n) is 5.50. The Morgan fingerprint density at radius 2 is 2.06 bits per heavy atom. The molecule has 1 N–H and O–H groups in total. The third-order valence-electron chi connectivity index (χ3n) is 2.62. The minimum absolute atomic E-state index is 0.0176. The van der Waals surface area contributed by atoms with E-state index in [2.05, 4.69) is 11.2 Å². The van der Waals surface area contributed by atoms with Gasteiger partial charge in [-0.3, -0.25) is 4.79 Å². The molecule has 0 aliphatic rings. The van der Waals surface area contributed by atoms with Crippen molar-refractivity contribution in [1.82, 2.24) is 5.32 Å². The molecule has 16 heavy (non-hydrogen) atoms. The molecule has 1 aromatic carbocycles. The highest BCUT2D eigenvalue weighted by Crippen LogP contribution is 2.14. The zero-order valence-electron chi connectivity index (χ0n) is 9.73. The van der Waals surface area contributed by atoms with Gasteiger partial charge in [0, 0.05) is 0 Å². The van der Waals surface area contributed by atoms with Crippen molar-refractivity contribution in [2.45, 2.75) is 32.2 Å². The molecular formula is C14H17NO. The lowest BCUT2D eigenvalue weighted by molar-refractivity contribution is -0.122. The van der Waals surface area contributed by atoms with Gasteiger partial charge in [0.05, 0.1) is 12.0 Å². The molecule has 1 rings (SSSR count). The van der Waals surface area contributed by atoms with Crippen LogP contribution in [0, 0.1) is 12.3 Å². The molecule has 2 heteroatoms. The molecule has 0 saturated carbocycles. The van der Waals surface area contributed by atoms with Crippen LogP contribution in [0.15, 0.2) is 30.3 Å². The minimum atomic E-state index is -0.168. The quantitative estimate of drug-likeness (QED) is 0.767. The van der Waals surface area contributed by atoms with Crippen molar-refractivity contribution in [2.75, 3.05) is 0 Å². The first-order valence-corrected chi connectivity index (χ1v) is 5.50. The molecule has 0 saturated heterocycles. The Morgan fingerprint density at radius 1 is 1.44 bits per heavy atom. The van der Waals surface area contributed by atoms with Crippen LogP contribution >= 0.6 is 0 Å². The third kappa shape index (κ3) is 3.13. The number of hydrogen-bond donors (Lipinski definition) is 1. The fraction of sp³-hybridized carbons (Fsp3) is 0.357. The number of carbonyl (C=O) groups is 1. The second kappa shape index (κ2) is 5.97. The van der Waals surface area contributed by atoms with Gasteiger partial charge in [0.2, 0.25) is 5.91 Å². The number of benzene rings is 1. The molecule has 0 radical (unpaired) electrons. The van der Waals surface area contributed by atoms with Crippen LogP contribution in [0.1, 0.15) is 31.7 Å². The van der Waals surface area contributed by atoms with Gasteiger partial charge in [-0.15, -0.1) is 6.42 Å². The summed E-state index contributed by atoms with van der Waals surface area (Å²) in [5.74, 6) is 2.38. The summed E-state index contributed by atoms with van der Waals surface area (Å²) in [7, 11) is 0. The summed E-state index contributed by atoms with van der Waals surface area (Å²) in [5, 5.41) is 2.84. The fourth-order valence-electron chi connectivity index (χ4n) is 1.45. The van der Waals surface area contributed by atoms with Crippen LogP contribution in [0.4, 0.5) is 0 Å². The van der Waals surface area contributed by atoms with Gasteiger partial charge < -0.3 is 5.32 Å². The molecule has 0 bridgehead atoms. The van der Waals surface area contributed by atoms with Gasteiger partial charge in [0.1, 0.15) is 0 Å². The Labute approximate surface area is 97.1 Å². The molecular weight excluding hydrogens is 198 g/mol. The van der Waals surface area contributed by atoms with Crippen molar-refractivity contribution in [1.29, 1.82) is 0 Å². The largest absolute Gasteiger partial charge is 0.342 e. The van der Waals surface area contributed by atoms with Gasteiger partial charge in [-0.1, -0.05) is 43.2 Å². The van der Waals surface area contributed by atoms with Gasteiger partial charge in [0.15, 0.2) is 0 Å². The lowest BCUT2D eigenvalue weighted by Gasteiger charge is -2.15. The average molecular weight is 215 g/mol. The second-order valence-corrected chi connectivity index (χ2v) is 3.77. The van der Waals surface area contributed by atoms with Gasteiger partial charge in [-0.05, 0) is 18.9 Å². The third-order valence-corrected chi connectivity index (χ3v) is 2.62. The van der Waals surface area contributed by atoms with E-state index in [-0.39, 0.29) is 17.9 Å². The van der Waals surface area contributed by atoms with Gasteiger partial charge >= 0.3 is 0 Å². The summed E-state index contributed by atoms with van der Waals surface area (Å²) in [6.07, 6.45) is 6.06. The average Bonchev–Trinajstić information content (AvgIpc) is 2.35. The Bertz CT molecular complexity index is 377. The number of amides is 1. The summed E-state index contributed by atoms with van der Waals surface area (Å²) in [5.41, 5.74) is 1.01. The van der Waals surface area contributed by atoms with Crippen molar-refractivity contribution in [2.24, 2.45) is 0 Å². The van der Waals surface area contributed by atoms with Crippen molar-refractivity contribution in [3.8, 4) is 12.3 Å². The van der Waals surface area contributed by atoms with Crippen LogP contribution in [0.2, 0.25) is 0 Å². The lowest BCUT2D eigenvalue weighted by Crippen LogP contribution is -2.36.